The topological polar surface area (TPSA) is 17.8 Å². The molecule has 0 saturated carbocycles. The first-order valence-corrected chi connectivity index (χ1v) is 6.20. The van der Waals surface area contributed by atoms with Gasteiger partial charge in [-0.25, -0.2) is 4.68 Å². The molecule has 2 rings (SSSR count). The van der Waals surface area contributed by atoms with Gasteiger partial charge in [0.1, 0.15) is 8.70 Å². The largest absolute Gasteiger partial charge is 0.217 e. The van der Waals surface area contributed by atoms with E-state index in [-0.39, 0.29) is 0 Å². The van der Waals surface area contributed by atoms with E-state index in [0.29, 0.717) is 0 Å². The Labute approximate surface area is 101 Å². The van der Waals surface area contributed by atoms with Crippen molar-refractivity contribution in [1.82, 2.24) is 9.78 Å². The van der Waals surface area contributed by atoms with Gasteiger partial charge in [0.25, 0.3) is 0 Å². The smallest absolute Gasteiger partial charge is 0.119 e. The molecule has 0 amide bonds. The molecule has 0 aliphatic rings. The average molecular weight is 402 g/mol. The number of hydrogen-bond donors (Lipinski definition) is 0. The van der Waals surface area contributed by atoms with Crippen molar-refractivity contribution in [1.29, 1.82) is 0 Å². The second-order valence-corrected chi connectivity index (χ2v) is 6.21. The second-order valence-electron chi connectivity index (χ2n) is 2.14. The van der Waals surface area contributed by atoms with Gasteiger partial charge in [0.05, 0.1) is 9.08 Å². The average Bonchev–Trinajstić information content (AvgIpc) is 2.58. The lowest BCUT2D eigenvalue weighted by molar-refractivity contribution is 0.875. The zero-order valence-electron chi connectivity index (χ0n) is 5.87. The van der Waals surface area contributed by atoms with Gasteiger partial charge in [-0.1, -0.05) is 0 Å². The first kappa shape index (κ1) is 8.95. The predicted molar refractivity (Wildman–Crippen MR) is 66.9 cm³/mol. The van der Waals surface area contributed by atoms with Crippen LogP contribution in [-0.2, 0) is 0 Å². The van der Waals surface area contributed by atoms with Crippen molar-refractivity contribution >= 4 is 56.5 Å². The Bertz CT molecular complexity index is 394. The van der Waals surface area contributed by atoms with Gasteiger partial charge >= 0.3 is 0 Å². The van der Waals surface area contributed by atoms with E-state index in [1.807, 2.05) is 16.9 Å². The summed E-state index contributed by atoms with van der Waals surface area (Å²) in [4.78, 5) is 0. The Balaban J connectivity index is 2.50. The fourth-order valence-electron chi connectivity index (χ4n) is 0.868. The van der Waals surface area contributed by atoms with Gasteiger partial charge in [-0.05, 0) is 63.4 Å². The van der Waals surface area contributed by atoms with Gasteiger partial charge in [-0.3, -0.25) is 0 Å². The molecule has 0 bridgehead atoms. The summed E-state index contributed by atoms with van der Waals surface area (Å²) in [6.45, 7) is 0. The van der Waals surface area contributed by atoms with Crippen molar-refractivity contribution < 1.29 is 0 Å². The molecule has 0 spiro atoms. The van der Waals surface area contributed by atoms with Crippen molar-refractivity contribution in [2.24, 2.45) is 0 Å². The molecule has 12 heavy (non-hydrogen) atoms. The molecule has 0 saturated heterocycles. The Morgan fingerprint density at radius 1 is 1.25 bits per heavy atom. The van der Waals surface area contributed by atoms with Crippen LogP contribution in [0.3, 0.4) is 0 Å². The van der Waals surface area contributed by atoms with Crippen molar-refractivity contribution in [2.75, 3.05) is 0 Å². The summed E-state index contributed by atoms with van der Waals surface area (Å²) in [5.41, 5.74) is 0. The molecule has 2 aromatic heterocycles. The minimum absolute atomic E-state index is 1.14. The number of hydrogen-bond acceptors (Lipinski definition) is 2. The number of aromatic nitrogens is 2. The van der Waals surface area contributed by atoms with Crippen LogP contribution in [0.15, 0.2) is 24.4 Å². The summed E-state index contributed by atoms with van der Waals surface area (Å²) in [6, 6.07) is 6.17. The monoisotopic (exact) mass is 402 g/mol. The normalized spacial score (nSPS) is 10.5. The van der Waals surface area contributed by atoms with Crippen LogP contribution in [0.2, 0.25) is 0 Å². The lowest BCUT2D eigenvalue weighted by Crippen LogP contribution is -1.94. The summed E-state index contributed by atoms with van der Waals surface area (Å²) in [6.07, 6.45) is 1.81. The SMILES string of the molecule is Ic1ccc(-n2nccc2I)s1. The molecule has 2 aromatic rings. The second kappa shape index (κ2) is 3.62. The molecule has 62 valence electrons. The molecule has 0 N–H and O–H groups in total. The van der Waals surface area contributed by atoms with Crippen LogP contribution in [0.5, 0.6) is 0 Å². The maximum absolute atomic E-state index is 4.22. The molecular formula is C7H4I2N2S. The Morgan fingerprint density at radius 2 is 2.08 bits per heavy atom. The van der Waals surface area contributed by atoms with Gasteiger partial charge in [0.2, 0.25) is 0 Å². The molecule has 2 heterocycles. The summed E-state index contributed by atoms with van der Waals surface area (Å²) >= 11 is 6.33. The van der Waals surface area contributed by atoms with Crippen LogP contribution >= 0.6 is 56.5 Å². The van der Waals surface area contributed by atoms with Crippen molar-refractivity contribution in [2.45, 2.75) is 0 Å². The summed E-state index contributed by atoms with van der Waals surface area (Å²) < 4.78 is 4.37. The third-order valence-electron chi connectivity index (χ3n) is 1.36. The van der Waals surface area contributed by atoms with Gasteiger partial charge in [-0.15, -0.1) is 11.3 Å². The highest BCUT2D eigenvalue weighted by Crippen LogP contribution is 2.23. The quantitative estimate of drug-likeness (QED) is 0.671. The molecule has 0 fully saturated rings. The van der Waals surface area contributed by atoms with Crippen LogP contribution in [0.4, 0.5) is 0 Å². The van der Waals surface area contributed by atoms with Crippen molar-refractivity contribution in [3.05, 3.63) is 31.0 Å². The fourth-order valence-corrected chi connectivity index (χ4v) is 3.14. The molecule has 0 unspecified atom stereocenters. The number of rotatable bonds is 1. The van der Waals surface area contributed by atoms with Crippen LogP contribution in [-0.4, -0.2) is 9.78 Å². The van der Waals surface area contributed by atoms with Gasteiger partial charge in [0.15, 0.2) is 0 Å². The highest BCUT2D eigenvalue weighted by Gasteiger charge is 2.03. The third-order valence-corrected chi connectivity index (χ3v) is 4.05. The van der Waals surface area contributed by atoms with Crippen LogP contribution < -0.4 is 0 Å². The molecule has 0 atom stereocenters. The van der Waals surface area contributed by atoms with Gasteiger partial charge < -0.3 is 0 Å². The van der Waals surface area contributed by atoms with E-state index in [1.54, 1.807) is 11.3 Å². The molecular weight excluding hydrogens is 398 g/mol. The minimum atomic E-state index is 1.14. The van der Waals surface area contributed by atoms with Gasteiger partial charge in [-0.2, -0.15) is 5.10 Å². The van der Waals surface area contributed by atoms with Crippen LogP contribution in [0, 0.1) is 6.58 Å². The molecule has 5 heteroatoms. The maximum atomic E-state index is 4.22. The fraction of sp³-hybridized carbons (Fsp3) is 0. The number of nitrogens with zero attached hydrogens (tertiary/aromatic N) is 2. The highest BCUT2D eigenvalue weighted by atomic mass is 127. The van der Waals surface area contributed by atoms with E-state index in [1.165, 1.54) is 7.88 Å². The van der Waals surface area contributed by atoms with Gasteiger partial charge in [0, 0.05) is 0 Å². The first-order valence-electron chi connectivity index (χ1n) is 3.22. The standard InChI is InChI=1S/C7H4I2N2S/c8-5-3-4-10-11(5)7-2-1-6(9)12-7/h1-4H. The number of halogens is 2. The molecule has 0 radical (unpaired) electrons. The Morgan fingerprint density at radius 3 is 2.58 bits per heavy atom. The summed E-state index contributed by atoms with van der Waals surface area (Å²) in [5.74, 6) is 0. The molecule has 0 aliphatic heterocycles. The van der Waals surface area contributed by atoms with E-state index in [2.05, 4.69) is 62.4 Å². The summed E-state index contributed by atoms with van der Waals surface area (Å²) in [7, 11) is 0. The molecule has 0 aliphatic carbocycles. The number of thiophene rings is 1. The zero-order valence-corrected chi connectivity index (χ0v) is 11.0. The minimum Gasteiger partial charge on any atom is -0.217 e. The third kappa shape index (κ3) is 1.67. The highest BCUT2D eigenvalue weighted by molar-refractivity contribution is 14.1. The lowest BCUT2D eigenvalue weighted by Gasteiger charge is -1.96. The maximum Gasteiger partial charge on any atom is 0.119 e. The molecule has 0 aromatic carbocycles. The van der Waals surface area contributed by atoms with E-state index >= 15 is 0 Å². The predicted octanol–water partition coefficient (Wildman–Crippen LogP) is 3.14. The van der Waals surface area contributed by atoms with Crippen LogP contribution in [0.25, 0.3) is 5.00 Å². The first-order chi connectivity index (χ1) is 5.77. The van der Waals surface area contributed by atoms with E-state index < -0.39 is 0 Å². The van der Waals surface area contributed by atoms with Crippen molar-refractivity contribution in [3.8, 4) is 5.00 Å². The Hall–Kier alpha value is 0.370. The van der Waals surface area contributed by atoms with E-state index in [9.17, 15) is 0 Å². The molecule has 2 nitrogen and oxygen atoms in total. The van der Waals surface area contributed by atoms with Crippen LogP contribution in [0.1, 0.15) is 0 Å². The zero-order chi connectivity index (χ0) is 8.55. The van der Waals surface area contributed by atoms with E-state index in [4.69, 9.17) is 0 Å². The van der Waals surface area contributed by atoms with E-state index in [0.717, 1.165) is 3.70 Å². The Kier molecular flexibility index (Phi) is 2.70. The summed E-state index contributed by atoms with van der Waals surface area (Å²) in [5, 5.41) is 5.39. The lowest BCUT2D eigenvalue weighted by atomic mass is 10.6. The van der Waals surface area contributed by atoms with Crippen molar-refractivity contribution in [3.63, 3.8) is 0 Å².